The van der Waals surface area contributed by atoms with Crippen LogP contribution >= 0.6 is 15.9 Å². The maximum Gasteiger partial charge on any atom is 0.311 e. The zero-order chi connectivity index (χ0) is 13.1. The van der Waals surface area contributed by atoms with Crippen LogP contribution in [0.25, 0.3) is 0 Å². The van der Waals surface area contributed by atoms with Gasteiger partial charge in [0.05, 0.1) is 15.9 Å². The van der Waals surface area contributed by atoms with Gasteiger partial charge in [0.2, 0.25) is 0 Å². The Morgan fingerprint density at radius 2 is 2.33 bits per heavy atom. The summed E-state index contributed by atoms with van der Waals surface area (Å²) in [5.74, 6) is 0.551. The first-order chi connectivity index (χ1) is 8.58. The van der Waals surface area contributed by atoms with Gasteiger partial charge in [-0.2, -0.15) is 5.10 Å². The maximum atomic E-state index is 10.9. The normalized spacial score (nSPS) is 10.3. The van der Waals surface area contributed by atoms with E-state index >= 15 is 0 Å². The third-order valence-corrected chi connectivity index (χ3v) is 2.75. The highest BCUT2D eigenvalue weighted by atomic mass is 79.9. The van der Waals surface area contributed by atoms with Gasteiger partial charge in [-0.1, -0.05) is 0 Å². The highest BCUT2D eigenvalue weighted by Crippen LogP contribution is 2.31. The molecule has 0 atom stereocenters. The molecule has 0 bridgehead atoms. The molecule has 0 saturated heterocycles. The number of hydrogen-bond acceptors (Lipinski definition) is 6. The SMILES string of the molecule is Cn1cnc(CNc2c(Br)cncc2[N+](=O)[O-])n1. The monoisotopic (exact) mass is 312 g/mol. The first-order valence-electron chi connectivity index (χ1n) is 4.94. The largest absolute Gasteiger partial charge is 0.371 e. The molecule has 9 heteroatoms. The number of pyridine rings is 1. The second-order valence-corrected chi connectivity index (χ2v) is 4.31. The second-order valence-electron chi connectivity index (χ2n) is 3.46. The van der Waals surface area contributed by atoms with E-state index in [2.05, 4.69) is 36.3 Å². The molecule has 0 aliphatic heterocycles. The summed E-state index contributed by atoms with van der Waals surface area (Å²) in [5.41, 5.74) is 0.266. The first-order valence-corrected chi connectivity index (χ1v) is 5.73. The fraction of sp³-hybridized carbons (Fsp3) is 0.222. The van der Waals surface area contributed by atoms with Gasteiger partial charge in [-0.25, -0.2) is 4.98 Å². The van der Waals surface area contributed by atoms with Crippen LogP contribution < -0.4 is 5.32 Å². The number of nitrogens with one attached hydrogen (secondary N) is 1. The molecule has 0 aromatic carbocycles. The van der Waals surface area contributed by atoms with Crippen LogP contribution in [0.15, 0.2) is 23.2 Å². The van der Waals surface area contributed by atoms with Crippen LogP contribution in [-0.4, -0.2) is 24.7 Å². The number of nitro groups is 1. The van der Waals surface area contributed by atoms with E-state index in [0.29, 0.717) is 22.5 Å². The lowest BCUT2D eigenvalue weighted by Gasteiger charge is -2.06. The molecule has 0 amide bonds. The minimum absolute atomic E-state index is 0.0969. The van der Waals surface area contributed by atoms with E-state index in [1.54, 1.807) is 18.1 Å². The molecule has 0 spiro atoms. The second kappa shape index (κ2) is 5.08. The van der Waals surface area contributed by atoms with Gasteiger partial charge in [-0.3, -0.25) is 19.8 Å². The van der Waals surface area contributed by atoms with E-state index in [1.165, 1.54) is 12.4 Å². The molecule has 18 heavy (non-hydrogen) atoms. The molecule has 0 fully saturated rings. The van der Waals surface area contributed by atoms with Crippen molar-refractivity contribution >= 4 is 27.3 Å². The summed E-state index contributed by atoms with van der Waals surface area (Å²) in [6, 6.07) is 0. The fourth-order valence-corrected chi connectivity index (χ4v) is 1.83. The summed E-state index contributed by atoms with van der Waals surface area (Å²) in [4.78, 5) is 18.1. The van der Waals surface area contributed by atoms with Crippen LogP contribution in [0.4, 0.5) is 11.4 Å². The molecule has 0 saturated carbocycles. The summed E-state index contributed by atoms with van der Waals surface area (Å²) in [6.07, 6.45) is 4.24. The fourth-order valence-electron chi connectivity index (χ4n) is 1.37. The number of aryl methyl sites for hydroxylation is 1. The lowest BCUT2D eigenvalue weighted by molar-refractivity contribution is -0.384. The predicted octanol–water partition coefficient (Wildman–Crippen LogP) is 1.49. The Bertz CT molecular complexity index is 584. The van der Waals surface area contributed by atoms with Crippen LogP contribution in [0.5, 0.6) is 0 Å². The van der Waals surface area contributed by atoms with E-state index < -0.39 is 4.92 Å². The third kappa shape index (κ3) is 2.62. The molecule has 1 N–H and O–H groups in total. The Hall–Kier alpha value is -2.03. The molecule has 94 valence electrons. The number of rotatable bonds is 4. The molecule has 0 aliphatic carbocycles. The van der Waals surface area contributed by atoms with Crippen molar-refractivity contribution in [3.8, 4) is 0 Å². The Morgan fingerprint density at radius 3 is 2.94 bits per heavy atom. The van der Waals surface area contributed by atoms with Gasteiger partial charge in [-0.15, -0.1) is 0 Å². The Kier molecular flexibility index (Phi) is 3.51. The lowest BCUT2D eigenvalue weighted by Crippen LogP contribution is -2.05. The molecule has 2 heterocycles. The van der Waals surface area contributed by atoms with Gasteiger partial charge in [-0.05, 0) is 15.9 Å². The summed E-state index contributed by atoms with van der Waals surface area (Å²) >= 11 is 3.22. The van der Waals surface area contributed by atoms with Gasteiger partial charge in [0.1, 0.15) is 18.2 Å². The average molecular weight is 313 g/mol. The quantitative estimate of drug-likeness (QED) is 0.678. The van der Waals surface area contributed by atoms with Gasteiger partial charge < -0.3 is 5.32 Å². The van der Waals surface area contributed by atoms with E-state index in [1.807, 2.05) is 0 Å². The van der Waals surface area contributed by atoms with Gasteiger partial charge in [0, 0.05) is 13.2 Å². The highest BCUT2D eigenvalue weighted by molar-refractivity contribution is 9.10. The molecular formula is C9H9BrN6O2. The van der Waals surface area contributed by atoms with Crippen molar-refractivity contribution in [3.05, 3.63) is 39.1 Å². The smallest absolute Gasteiger partial charge is 0.311 e. The number of nitrogens with zero attached hydrogens (tertiary/aromatic N) is 5. The van der Waals surface area contributed by atoms with Crippen molar-refractivity contribution in [3.63, 3.8) is 0 Å². The summed E-state index contributed by atoms with van der Waals surface area (Å²) < 4.78 is 2.08. The van der Waals surface area contributed by atoms with Crippen LogP contribution in [0.3, 0.4) is 0 Å². The molecule has 0 radical (unpaired) electrons. The van der Waals surface area contributed by atoms with Crippen LogP contribution in [0.1, 0.15) is 5.82 Å². The van der Waals surface area contributed by atoms with Crippen molar-refractivity contribution in [1.29, 1.82) is 0 Å². The molecule has 2 rings (SSSR count). The summed E-state index contributed by atoms with van der Waals surface area (Å²) in [6.45, 7) is 0.296. The maximum absolute atomic E-state index is 10.9. The number of anilines is 1. The Morgan fingerprint density at radius 1 is 1.56 bits per heavy atom. The Balaban J connectivity index is 2.20. The van der Waals surface area contributed by atoms with Crippen molar-refractivity contribution in [2.24, 2.45) is 7.05 Å². The average Bonchev–Trinajstić information content (AvgIpc) is 2.73. The molecule has 2 aromatic heterocycles. The zero-order valence-corrected chi connectivity index (χ0v) is 11.0. The Labute approximate surface area is 110 Å². The summed E-state index contributed by atoms with van der Waals surface area (Å²) in [7, 11) is 1.75. The van der Waals surface area contributed by atoms with Crippen LogP contribution in [0.2, 0.25) is 0 Å². The standard InChI is InChI=1S/C9H9BrN6O2/c1-15-5-13-8(14-15)4-12-9-6(10)2-11-3-7(9)16(17)18/h2-3,5H,4H2,1H3,(H,11,12). The van der Waals surface area contributed by atoms with Gasteiger partial charge in [0.25, 0.3) is 0 Å². The third-order valence-electron chi connectivity index (χ3n) is 2.15. The molecule has 8 nitrogen and oxygen atoms in total. The van der Waals surface area contributed by atoms with Crippen molar-refractivity contribution in [1.82, 2.24) is 19.7 Å². The van der Waals surface area contributed by atoms with Gasteiger partial charge in [0.15, 0.2) is 5.82 Å². The summed E-state index contributed by atoms with van der Waals surface area (Å²) in [5, 5.41) is 17.9. The van der Waals surface area contributed by atoms with E-state index in [-0.39, 0.29) is 5.69 Å². The van der Waals surface area contributed by atoms with E-state index in [4.69, 9.17) is 0 Å². The molecular weight excluding hydrogens is 304 g/mol. The molecule has 0 unspecified atom stereocenters. The van der Waals surface area contributed by atoms with Crippen molar-refractivity contribution in [2.75, 3.05) is 5.32 Å². The van der Waals surface area contributed by atoms with Crippen molar-refractivity contribution in [2.45, 2.75) is 6.54 Å². The number of aromatic nitrogens is 4. The van der Waals surface area contributed by atoms with E-state index in [0.717, 1.165) is 0 Å². The minimum Gasteiger partial charge on any atom is -0.371 e. The lowest BCUT2D eigenvalue weighted by atomic mass is 10.3. The van der Waals surface area contributed by atoms with Crippen molar-refractivity contribution < 1.29 is 4.92 Å². The number of hydrogen-bond donors (Lipinski definition) is 1. The minimum atomic E-state index is -0.494. The van der Waals surface area contributed by atoms with Crippen LogP contribution in [-0.2, 0) is 13.6 Å². The topological polar surface area (TPSA) is 98.8 Å². The molecule has 2 aromatic rings. The first kappa shape index (κ1) is 12.4. The zero-order valence-electron chi connectivity index (χ0n) is 9.37. The predicted molar refractivity (Wildman–Crippen MR) is 66.9 cm³/mol. The number of halogens is 1. The molecule has 0 aliphatic rings. The van der Waals surface area contributed by atoms with Crippen LogP contribution in [0, 0.1) is 10.1 Å². The van der Waals surface area contributed by atoms with E-state index in [9.17, 15) is 10.1 Å². The highest BCUT2D eigenvalue weighted by Gasteiger charge is 2.17. The van der Waals surface area contributed by atoms with Gasteiger partial charge >= 0.3 is 5.69 Å².